The molecule has 2 atom stereocenters. The molecule has 1 saturated heterocycles. The van der Waals surface area contributed by atoms with Gasteiger partial charge in [-0.2, -0.15) is 0 Å². The summed E-state index contributed by atoms with van der Waals surface area (Å²) in [6, 6.07) is 15.8. The SMILES string of the molecule is C[C@H]1C[C@@H](C(=O)Nc2cccc(CS(=O)(=O)c3ccccc3)c2)CCN1.Cl. The fraction of sp³-hybridized carbons (Fsp3) is 0.350. The zero-order chi connectivity index (χ0) is 18.6. The van der Waals surface area contributed by atoms with E-state index in [0.29, 0.717) is 22.2 Å². The highest BCUT2D eigenvalue weighted by atomic mass is 35.5. The van der Waals surface area contributed by atoms with Crippen molar-refractivity contribution in [3.05, 3.63) is 60.2 Å². The monoisotopic (exact) mass is 408 g/mol. The number of piperidine rings is 1. The zero-order valence-electron chi connectivity index (χ0n) is 15.2. The van der Waals surface area contributed by atoms with Crippen LogP contribution in [0.4, 0.5) is 5.69 Å². The van der Waals surface area contributed by atoms with Crippen LogP contribution in [0.5, 0.6) is 0 Å². The number of hydrogen-bond acceptors (Lipinski definition) is 4. The molecule has 5 nitrogen and oxygen atoms in total. The minimum absolute atomic E-state index is 0. The van der Waals surface area contributed by atoms with E-state index in [1.54, 1.807) is 54.6 Å². The Morgan fingerprint density at radius 1 is 1.15 bits per heavy atom. The number of carbonyl (C=O) groups is 1. The lowest BCUT2D eigenvalue weighted by atomic mass is 9.92. The Bertz CT molecular complexity index is 872. The van der Waals surface area contributed by atoms with Gasteiger partial charge in [0, 0.05) is 17.6 Å². The summed E-state index contributed by atoms with van der Waals surface area (Å²) in [6.07, 6.45) is 1.63. The average Bonchev–Trinajstić information content (AvgIpc) is 2.62. The first-order valence-electron chi connectivity index (χ1n) is 8.85. The van der Waals surface area contributed by atoms with Gasteiger partial charge in [-0.1, -0.05) is 30.3 Å². The Balaban J connectivity index is 0.00000261. The lowest BCUT2D eigenvalue weighted by Crippen LogP contribution is -2.40. The van der Waals surface area contributed by atoms with Crippen LogP contribution in [0.15, 0.2) is 59.5 Å². The maximum Gasteiger partial charge on any atom is 0.227 e. The van der Waals surface area contributed by atoms with Gasteiger partial charge in [-0.3, -0.25) is 4.79 Å². The third-order valence-electron chi connectivity index (χ3n) is 4.65. The average molecular weight is 409 g/mol. The minimum atomic E-state index is -3.41. The number of hydrogen-bond donors (Lipinski definition) is 2. The molecule has 7 heteroatoms. The highest BCUT2D eigenvalue weighted by molar-refractivity contribution is 7.90. The first kappa shape index (κ1) is 21.4. The Labute approximate surface area is 166 Å². The summed E-state index contributed by atoms with van der Waals surface area (Å²) >= 11 is 0. The highest BCUT2D eigenvalue weighted by Gasteiger charge is 2.24. The second-order valence-electron chi connectivity index (χ2n) is 6.84. The highest BCUT2D eigenvalue weighted by Crippen LogP contribution is 2.21. The smallest absolute Gasteiger partial charge is 0.227 e. The summed E-state index contributed by atoms with van der Waals surface area (Å²) in [7, 11) is -3.41. The van der Waals surface area contributed by atoms with Gasteiger partial charge in [-0.05, 0) is 56.1 Å². The van der Waals surface area contributed by atoms with Gasteiger partial charge in [0.25, 0.3) is 0 Å². The fourth-order valence-corrected chi connectivity index (χ4v) is 4.64. The van der Waals surface area contributed by atoms with E-state index >= 15 is 0 Å². The van der Waals surface area contributed by atoms with Crippen molar-refractivity contribution in [2.75, 3.05) is 11.9 Å². The van der Waals surface area contributed by atoms with Gasteiger partial charge in [0.15, 0.2) is 9.84 Å². The topological polar surface area (TPSA) is 75.3 Å². The molecule has 1 aliphatic heterocycles. The van der Waals surface area contributed by atoms with Gasteiger partial charge in [0.1, 0.15) is 0 Å². The summed E-state index contributed by atoms with van der Waals surface area (Å²) in [5.41, 5.74) is 1.30. The number of halogens is 1. The molecule has 1 aliphatic rings. The molecule has 0 spiro atoms. The van der Waals surface area contributed by atoms with E-state index in [1.807, 2.05) is 0 Å². The molecule has 2 aromatic carbocycles. The molecule has 0 radical (unpaired) electrons. The van der Waals surface area contributed by atoms with E-state index in [9.17, 15) is 13.2 Å². The van der Waals surface area contributed by atoms with Crippen LogP contribution in [0.3, 0.4) is 0 Å². The third-order valence-corrected chi connectivity index (χ3v) is 6.35. The summed E-state index contributed by atoms with van der Waals surface area (Å²) in [5, 5.41) is 6.27. The summed E-state index contributed by atoms with van der Waals surface area (Å²) in [5.74, 6) is -0.102. The van der Waals surface area contributed by atoms with E-state index in [4.69, 9.17) is 0 Å². The van der Waals surface area contributed by atoms with Gasteiger partial charge in [0.2, 0.25) is 5.91 Å². The summed E-state index contributed by atoms with van der Waals surface area (Å²) in [6.45, 7) is 2.92. The predicted octanol–water partition coefficient (Wildman–Crippen LogP) is 3.41. The Morgan fingerprint density at radius 2 is 1.89 bits per heavy atom. The van der Waals surface area contributed by atoms with Crippen molar-refractivity contribution in [3.8, 4) is 0 Å². The van der Waals surface area contributed by atoms with Gasteiger partial charge in [0.05, 0.1) is 10.6 Å². The molecule has 1 fully saturated rings. The number of sulfone groups is 1. The van der Waals surface area contributed by atoms with Crippen LogP contribution in [0.25, 0.3) is 0 Å². The normalized spacial score (nSPS) is 19.7. The molecule has 0 aliphatic carbocycles. The van der Waals surface area contributed by atoms with E-state index < -0.39 is 9.84 Å². The van der Waals surface area contributed by atoms with E-state index in [0.717, 1.165) is 19.4 Å². The van der Waals surface area contributed by atoms with E-state index in [1.165, 1.54) is 0 Å². The van der Waals surface area contributed by atoms with E-state index in [-0.39, 0.29) is 30.0 Å². The summed E-state index contributed by atoms with van der Waals surface area (Å²) < 4.78 is 25.0. The second kappa shape index (κ2) is 9.35. The molecule has 2 N–H and O–H groups in total. The van der Waals surface area contributed by atoms with Gasteiger partial charge in [-0.15, -0.1) is 12.4 Å². The van der Waals surface area contributed by atoms with Crippen molar-refractivity contribution in [1.29, 1.82) is 0 Å². The van der Waals surface area contributed by atoms with Crippen LogP contribution < -0.4 is 10.6 Å². The number of carbonyl (C=O) groups excluding carboxylic acids is 1. The number of nitrogens with one attached hydrogen (secondary N) is 2. The van der Waals surface area contributed by atoms with Crippen molar-refractivity contribution in [1.82, 2.24) is 5.32 Å². The number of amides is 1. The van der Waals surface area contributed by atoms with Gasteiger partial charge < -0.3 is 10.6 Å². The number of anilines is 1. The number of rotatable bonds is 5. The van der Waals surface area contributed by atoms with Crippen LogP contribution in [0, 0.1) is 5.92 Å². The van der Waals surface area contributed by atoms with Crippen LogP contribution >= 0.6 is 12.4 Å². The molecule has 3 rings (SSSR count). The molecule has 27 heavy (non-hydrogen) atoms. The molecule has 0 saturated carbocycles. The first-order chi connectivity index (χ1) is 12.4. The van der Waals surface area contributed by atoms with Crippen LogP contribution in [-0.2, 0) is 20.4 Å². The molecule has 146 valence electrons. The lowest BCUT2D eigenvalue weighted by molar-refractivity contribution is -0.120. The lowest BCUT2D eigenvalue weighted by Gasteiger charge is -2.27. The molecule has 1 amide bonds. The fourth-order valence-electron chi connectivity index (χ4n) is 3.28. The maximum atomic E-state index is 12.5. The standard InChI is InChI=1S/C20H24N2O3S.ClH/c1-15-12-17(10-11-21-15)20(23)22-18-7-5-6-16(13-18)14-26(24,25)19-8-3-2-4-9-19;/h2-9,13,15,17,21H,10-12,14H2,1H3,(H,22,23);1H/t15-,17-;/m0./s1. The van der Waals surface area contributed by atoms with Crippen molar-refractivity contribution in [2.45, 2.75) is 36.5 Å². The molecule has 0 aromatic heterocycles. The van der Waals surface area contributed by atoms with Crippen molar-refractivity contribution < 1.29 is 13.2 Å². The largest absolute Gasteiger partial charge is 0.326 e. The Hall–Kier alpha value is -1.89. The minimum Gasteiger partial charge on any atom is -0.326 e. The maximum absolute atomic E-state index is 12.5. The van der Waals surface area contributed by atoms with E-state index in [2.05, 4.69) is 17.6 Å². The van der Waals surface area contributed by atoms with Crippen molar-refractivity contribution >= 4 is 33.8 Å². The van der Waals surface area contributed by atoms with Crippen molar-refractivity contribution in [2.24, 2.45) is 5.92 Å². The van der Waals surface area contributed by atoms with Gasteiger partial charge in [-0.25, -0.2) is 8.42 Å². The zero-order valence-corrected chi connectivity index (χ0v) is 16.9. The molecule has 1 heterocycles. The van der Waals surface area contributed by atoms with Crippen LogP contribution in [0.2, 0.25) is 0 Å². The Kier molecular flexibility index (Phi) is 7.41. The molecule has 2 aromatic rings. The van der Waals surface area contributed by atoms with Gasteiger partial charge >= 0.3 is 0 Å². The molecular weight excluding hydrogens is 384 g/mol. The van der Waals surface area contributed by atoms with Crippen molar-refractivity contribution in [3.63, 3.8) is 0 Å². The number of benzene rings is 2. The van der Waals surface area contributed by atoms with Crippen LogP contribution in [0.1, 0.15) is 25.3 Å². The third kappa shape index (κ3) is 5.79. The first-order valence-corrected chi connectivity index (χ1v) is 10.5. The van der Waals surface area contributed by atoms with Crippen LogP contribution in [-0.4, -0.2) is 26.9 Å². The molecule has 0 unspecified atom stereocenters. The molecule has 0 bridgehead atoms. The quantitative estimate of drug-likeness (QED) is 0.794. The molecular formula is C20H25ClN2O3S. The second-order valence-corrected chi connectivity index (χ2v) is 8.83. The Morgan fingerprint density at radius 3 is 2.59 bits per heavy atom. The summed E-state index contributed by atoms with van der Waals surface area (Å²) in [4.78, 5) is 12.8. The predicted molar refractivity (Wildman–Crippen MR) is 110 cm³/mol.